The average molecular weight is 252 g/mol. The zero-order chi connectivity index (χ0) is 13.4. The van der Waals surface area contributed by atoms with Gasteiger partial charge in [-0.3, -0.25) is 0 Å². The van der Waals surface area contributed by atoms with Crippen molar-refractivity contribution < 1.29 is 5.11 Å². The van der Waals surface area contributed by atoms with Gasteiger partial charge in [0.1, 0.15) is 6.10 Å². The highest BCUT2D eigenvalue weighted by atomic mass is 16.3. The second-order valence-electron chi connectivity index (χ2n) is 5.63. The second kappa shape index (κ2) is 4.82. The van der Waals surface area contributed by atoms with Gasteiger partial charge in [-0.25, -0.2) is 0 Å². The van der Waals surface area contributed by atoms with Gasteiger partial charge in [-0.2, -0.15) is 0 Å². The minimum absolute atomic E-state index is 0.520. The molecule has 1 N–H and O–H groups in total. The van der Waals surface area contributed by atoms with Crippen LogP contribution >= 0.6 is 0 Å². The number of rotatable bonds is 3. The molecule has 19 heavy (non-hydrogen) atoms. The van der Waals surface area contributed by atoms with Crippen LogP contribution in [0, 0.1) is 13.8 Å². The van der Waals surface area contributed by atoms with Crippen molar-refractivity contribution >= 4 is 0 Å². The van der Waals surface area contributed by atoms with Crippen LogP contribution in [-0.4, -0.2) is 5.11 Å². The highest BCUT2D eigenvalue weighted by molar-refractivity contribution is 5.40. The Kier molecular flexibility index (Phi) is 3.16. The molecule has 1 aliphatic rings. The highest BCUT2D eigenvalue weighted by Gasteiger charge is 2.23. The van der Waals surface area contributed by atoms with Crippen LogP contribution in [0.25, 0.3) is 0 Å². The Labute approximate surface area is 114 Å². The maximum absolute atomic E-state index is 10.5. The molecule has 0 bridgehead atoms. The second-order valence-corrected chi connectivity index (χ2v) is 5.63. The lowest BCUT2D eigenvalue weighted by atomic mass is 9.94. The molecule has 1 nitrogen and oxygen atoms in total. The van der Waals surface area contributed by atoms with Crippen LogP contribution in [0.2, 0.25) is 0 Å². The molecule has 98 valence electrons. The standard InChI is InChI=1S/C18H20O/c1-12-4-3-5-17(13(12)2)18(19)16-10-8-15(9-11-16)14-6-7-14/h3-5,8-11,14,18-19H,6-7H2,1-2H3. The number of aliphatic hydroxyl groups excluding tert-OH is 1. The predicted molar refractivity (Wildman–Crippen MR) is 78.4 cm³/mol. The van der Waals surface area contributed by atoms with Crippen molar-refractivity contribution in [3.8, 4) is 0 Å². The van der Waals surface area contributed by atoms with Gasteiger partial charge < -0.3 is 5.11 Å². The SMILES string of the molecule is Cc1cccc(C(O)c2ccc(C3CC3)cc2)c1C. The van der Waals surface area contributed by atoms with Crippen molar-refractivity contribution in [2.75, 3.05) is 0 Å². The quantitative estimate of drug-likeness (QED) is 0.865. The van der Waals surface area contributed by atoms with E-state index in [9.17, 15) is 5.11 Å². The van der Waals surface area contributed by atoms with Crippen molar-refractivity contribution in [1.82, 2.24) is 0 Å². The normalized spacial score (nSPS) is 16.4. The molecule has 0 spiro atoms. The summed E-state index contributed by atoms with van der Waals surface area (Å²) < 4.78 is 0. The van der Waals surface area contributed by atoms with Gasteiger partial charge >= 0.3 is 0 Å². The van der Waals surface area contributed by atoms with E-state index in [0.717, 1.165) is 17.0 Å². The summed E-state index contributed by atoms with van der Waals surface area (Å²) >= 11 is 0. The number of hydrogen-bond donors (Lipinski definition) is 1. The van der Waals surface area contributed by atoms with Crippen molar-refractivity contribution in [2.45, 2.75) is 38.7 Å². The molecular weight excluding hydrogens is 232 g/mol. The lowest BCUT2D eigenvalue weighted by Gasteiger charge is -2.16. The van der Waals surface area contributed by atoms with Gasteiger partial charge in [0.05, 0.1) is 0 Å². The Morgan fingerprint density at radius 2 is 1.68 bits per heavy atom. The summed E-state index contributed by atoms with van der Waals surface area (Å²) in [5.74, 6) is 0.770. The van der Waals surface area contributed by atoms with E-state index in [-0.39, 0.29) is 0 Å². The zero-order valence-electron chi connectivity index (χ0n) is 11.6. The monoisotopic (exact) mass is 252 g/mol. The summed E-state index contributed by atoms with van der Waals surface area (Å²) in [6, 6.07) is 14.6. The molecule has 1 aliphatic carbocycles. The van der Waals surface area contributed by atoms with Gasteiger partial charge in [-0.1, -0.05) is 42.5 Å². The Balaban J connectivity index is 1.90. The molecule has 0 radical (unpaired) electrons. The molecule has 1 heteroatoms. The minimum Gasteiger partial charge on any atom is -0.384 e. The van der Waals surface area contributed by atoms with E-state index >= 15 is 0 Å². The van der Waals surface area contributed by atoms with E-state index < -0.39 is 6.10 Å². The van der Waals surface area contributed by atoms with E-state index in [0.29, 0.717) is 0 Å². The van der Waals surface area contributed by atoms with Crippen molar-refractivity contribution in [2.24, 2.45) is 0 Å². The smallest absolute Gasteiger partial charge is 0.104 e. The van der Waals surface area contributed by atoms with Crippen molar-refractivity contribution in [3.63, 3.8) is 0 Å². The van der Waals surface area contributed by atoms with Crippen LogP contribution in [0.3, 0.4) is 0 Å². The highest BCUT2D eigenvalue weighted by Crippen LogP contribution is 2.40. The fraction of sp³-hybridized carbons (Fsp3) is 0.333. The van der Waals surface area contributed by atoms with Crippen LogP contribution in [0.4, 0.5) is 0 Å². The summed E-state index contributed by atoms with van der Waals surface area (Å²) in [4.78, 5) is 0. The van der Waals surface area contributed by atoms with Gasteiger partial charge in [0.15, 0.2) is 0 Å². The van der Waals surface area contributed by atoms with Gasteiger partial charge in [0.25, 0.3) is 0 Å². The van der Waals surface area contributed by atoms with E-state index in [1.54, 1.807) is 0 Å². The maximum atomic E-state index is 10.5. The molecule has 0 amide bonds. The van der Waals surface area contributed by atoms with Crippen LogP contribution in [0.1, 0.15) is 52.7 Å². The average Bonchev–Trinajstić information content (AvgIpc) is 3.26. The molecule has 0 heterocycles. The lowest BCUT2D eigenvalue weighted by molar-refractivity contribution is 0.219. The van der Waals surface area contributed by atoms with Crippen molar-refractivity contribution in [3.05, 3.63) is 70.3 Å². The van der Waals surface area contributed by atoms with Crippen molar-refractivity contribution in [1.29, 1.82) is 0 Å². The molecule has 0 saturated heterocycles. The van der Waals surface area contributed by atoms with E-state index in [2.05, 4.69) is 44.2 Å². The molecular formula is C18H20O. The Bertz CT molecular complexity index is 579. The van der Waals surface area contributed by atoms with Gasteiger partial charge in [-0.05, 0) is 60.4 Å². The van der Waals surface area contributed by atoms with Gasteiger partial charge in [-0.15, -0.1) is 0 Å². The zero-order valence-corrected chi connectivity index (χ0v) is 11.6. The van der Waals surface area contributed by atoms with Gasteiger partial charge in [0.2, 0.25) is 0 Å². The summed E-state index contributed by atoms with van der Waals surface area (Å²) in [5, 5.41) is 10.5. The molecule has 1 unspecified atom stereocenters. The topological polar surface area (TPSA) is 20.2 Å². The lowest BCUT2D eigenvalue weighted by Crippen LogP contribution is -2.03. The number of aliphatic hydroxyl groups is 1. The minimum atomic E-state index is -0.520. The van der Waals surface area contributed by atoms with Crippen LogP contribution in [0.5, 0.6) is 0 Å². The summed E-state index contributed by atoms with van der Waals surface area (Å²) in [6.45, 7) is 4.16. The molecule has 0 aliphatic heterocycles. The van der Waals surface area contributed by atoms with Gasteiger partial charge in [0, 0.05) is 0 Å². The summed E-state index contributed by atoms with van der Waals surface area (Å²) in [7, 11) is 0. The summed E-state index contributed by atoms with van der Waals surface area (Å²) in [5.41, 5.74) is 5.82. The van der Waals surface area contributed by atoms with Crippen LogP contribution < -0.4 is 0 Å². The summed E-state index contributed by atoms with van der Waals surface area (Å²) in [6.07, 6.45) is 2.12. The van der Waals surface area contributed by atoms with Crippen LogP contribution in [0.15, 0.2) is 42.5 Å². The molecule has 1 atom stereocenters. The molecule has 2 aromatic carbocycles. The number of hydrogen-bond acceptors (Lipinski definition) is 1. The number of benzene rings is 2. The van der Waals surface area contributed by atoms with Crippen LogP contribution in [-0.2, 0) is 0 Å². The molecule has 1 saturated carbocycles. The third-order valence-corrected chi connectivity index (χ3v) is 4.24. The third kappa shape index (κ3) is 2.43. The number of aryl methyl sites for hydroxylation is 1. The fourth-order valence-corrected chi connectivity index (χ4v) is 2.62. The first-order valence-electron chi connectivity index (χ1n) is 7.01. The Hall–Kier alpha value is -1.60. The first-order chi connectivity index (χ1) is 9.16. The maximum Gasteiger partial charge on any atom is 0.104 e. The predicted octanol–water partition coefficient (Wildman–Crippen LogP) is 4.26. The largest absolute Gasteiger partial charge is 0.384 e. The molecule has 3 rings (SSSR count). The molecule has 1 fully saturated rings. The Morgan fingerprint density at radius 1 is 1.00 bits per heavy atom. The first-order valence-corrected chi connectivity index (χ1v) is 7.01. The third-order valence-electron chi connectivity index (χ3n) is 4.24. The van der Waals surface area contributed by atoms with E-state index in [4.69, 9.17) is 0 Å². The first kappa shape index (κ1) is 12.4. The molecule has 2 aromatic rings. The molecule has 0 aromatic heterocycles. The van der Waals surface area contributed by atoms with E-state index in [1.807, 2.05) is 12.1 Å². The van der Waals surface area contributed by atoms with E-state index in [1.165, 1.54) is 29.5 Å². The Morgan fingerprint density at radius 3 is 2.32 bits per heavy atom. The fourth-order valence-electron chi connectivity index (χ4n) is 2.62.